The molecule has 1 aromatic rings. The zero-order valence-electron chi connectivity index (χ0n) is 38.4. The van der Waals surface area contributed by atoms with Crippen molar-refractivity contribution in [2.75, 3.05) is 34.2 Å². The van der Waals surface area contributed by atoms with Crippen molar-refractivity contribution in [1.29, 1.82) is 0 Å². The van der Waals surface area contributed by atoms with Gasteiger partial charge in [-0.15, -0.1) is 0 Å². The van der Waals surface area contributed by atoms with Crippen LogP contribution in [0.5, 0.6) is 0 Å². The summed E-state index contributed by atoms with van der Waals surface area (Å²) in [4.78, 5) is 104. The number of hydrogen-bond donors (Lipinski definition) is 3. The van der Waals surface area contributed by atoms with E-state index >= 15 is 0 Å². The fourth-order valence-corrected chi connectivity index (χ4v) is 10.00. The Labute approximate surface area is 390 Å². The first-order valence-corrected chi connectivity index (χ1v) is 23.9. The number of carbonyl (C=O) groups excluding carboxylic acids is 7. The number of likely N-dealkylation sites (N-methyl/N-ethyl adjacent to an activating group) is 3. The lowest BCUT2D eigenvalue weighted by atomic mass is 9.72. The van der Waals surface area contributed by atoms with Gasteiger partial charge in [-0.1, -0.05) is 63.2 Å². The van der Waals surface area contributed by atoms with Gasteiger partial charge >= 0.3 is 6.18 Å². The predicted molar refractivity (Wildman–Crippen MR) is 239 cm³/mol. The largest absolute Gasteiger partial charge is 0.403 e. The molecule has 0 aromatic heterocycles. The summed E-state index contributed by atoms with van der Waals surface area (Å²) in [6.45, 7) is 5.76. The van der Waals surface area contributed by atoms with E-state index in [0.29, 0.717) is 54.1 Å². The van der Waals surface area contributed by atoms with Crippen LogP contribution in [-0.2, 0) is 40.0 Å². The Morgan fingerprint density at radius 3 is 2.15 bits per heavy atom. The van der Waals surface area contributed by atoms with E-state index in [9.17, 15) is 46.7 Å². The average Bonchev–Trinajstić information content (AvgIpc) is 3.99. The van der Waals surface area contributed by atoms with E-state index in [1.54, 1.807) is 32.2 Å². The van der Waals surface area contributed by atoms with Gasteiger partial charge in [0, 0.05) is 50.7 Å². The summed E-state index contributed by atoms with van der Waals surface area (Å²) in [7, 11) is 4.49. The van der Waals surface area contributed by atoms with Crippen molar-refractivity contribution in [3.8, 4) is 0 Å². The fourth-order valence-electron chi connectivity index (χ4n) is 9.61. The molecule has 2 saturated carbocycles. The third-order valence-corrected chi connectivity index (χ3v) is 14.3. The van der Waals surface area contributed by atoms with Crippen LogP contribution in [0.3, 0.4) is 0 Å². The molecule has 0 radical (unpaired) electrons. The van der Waals surface area contributed by atoms with E-state index in [-0.39, 0.29) is 88.6 Å². The molecule has 7 amide bonds. The number of amides is 7. The summed E-state index contributed by atoms with van der Waals surface area (Å²) in [5.41, 5.74) is -2.08. The highest BCUT2D eigenvalue weighted by atomic mass is 35.5. The second-order valence-corrected chi connectivity index (χ2v) is 19.7. The van der Waals surface area contributed by atoms with Crippen LogP contribution >= 0.6 is 23.2 Å². The van der Waals surface area contributed by atoms with Crippen LogP contribution in [-0.4, -0.2) is 138 Å². The highest BCUT2D eigenvalue weighted by molar-refractivity contribution is 6.33. The molecule has 14 nitrogen and oxygen atoms in total. The minimum atomic E-state index is -4.78. The lowest BCUT2D eigenvalue weighted by Crippen LogP contribution is -2.61. The zero-order chi connectivity index (χ0) is 48.0. The second kappa shape index (κ2) is 22.1. The first kappa shape index (κ1) is 51.9. The maximum Gasteiger partial charge on any atom is 0.403 e. The Kier molecular flexibility index (Phi) is 17.6. The number of rotatable bonds is 11. The van der Waals surface area contributed by atoms with Crippen molar-refractivity contribution >= 4 is 64.6 Å². The van der Waals surface area contributed by atoms with Gasteiger partial charge in [0.25, 0.3) is 0 Å². The van der Waals surface area contributed by atoms with Crippen LogP contribution in [0.25, 0.3) is 0 Å². The van der Waals surface area contributed by atoms with Gasteiger partial charge < -0.3 is 35.6 Å². The molecular weight excluding hydrogens is 890 g/mol. The molecule has 0 bridgehead atoms. The third kappa shape index (κ3) is 12.3. The minimum Gasteiger partial charge on any atom is -0.344 e. The standard InChI is InChI=1S/C46H66Cl2F3N7O7/c1-7-32-41(62)55(4)22-12-9-14-34(38(59)53-33(24-27(2)3)42(63)57(6)36(40(61)52-32)26-29-25-30(47)18-19-31(29)48)56(5)43(64)37(28-16-17-28)54-39(60)35-15-13-23-58(35)44(65)45(46(49,50)51)20-10-8-11-21-45/h18-19,25,27-28,32-37H,7-17,20-24,26H2,1-6H3,(H,52,61)(H,53,59)(H,54,60)/t32-,33+,34+,35+,36+,37+/m1/s1. The molecule has 65 heavy (non-hydrogen) atoms. The van der Waals surface area contributed by atoms with Crippen molar-refractivity contribution in [1.82, 2.24) is 35.6 Å². The Bertz CT molecular complexity index is 1930. The number of halogens is 5. The van der Waals surface area contributed by atoms with Crippen molar-refractivity contribution in [2.45, 2.75) is 160 Å². The summed E-state index contributed by atoms with van der Waals surface area (Å²) in [6.07, 6.45) is -1.47. The van der Waals surface area contributed by atoms with E-state index in [4.69, 9.17) is 23.2 Å². The van der Waals surface area contributed by atoms with Crippen LogP contribution in [0.4, 0.5) is 13.2 Å². The quantitative estimate of drug-likeness (QED) is 0.258. The average molecular weight is 957 g/mol. The number of likely N-dealkylation sites (tertiary alicyclic amines) is 1. The fraction of sp³-hybridized carbons (Fsp3) is 0.717. The summed E-state index contributed by atoms with van der Waals surface area (Å²) < 4.78 is 43.8. The smallest absolute Gasteiger partial charge is 0.344 e. The normalized spacial score (nSPS) is 25.8. The molecule has 5 rings (SSSR count). The van der Waals surface area contributed by atoms with E-state index in [1.807, 2.05) is 13.8 Å². The van der Waals surface area contributed by atoms with E-state index in [1.165, 1.54) is 28.8 Å². The summed E-state index contributed by atoms with van der Waals surface area (Å²) >= 11 is 12.8. The van der Waals surface area contributed by atoms with Gasteiger partial charge in [0.05, 0.1) is 0 Å². The molecule has 1 aromatic carbocycles. The Morgan fingerprint density at radius 2 is 1.54 bits per heavy atom. The molecular formula is C46H66Cl2F3N7O7. The van der Waals surface area contributed by atoms with Crippen molar-refractivity contribution in [3.63, 3.8) is 0 Å². The number of alkyl halides is 3. The number of benzene rings is 1. The van der Waals surface area contributed by atoms with Crippen LogP contribution in [0, 0.1) is 17.3 Å². The van der Waals surface area contributed by atoms with Gasteiger partial charge in [0.2, 0.25) is 41.4 Å². The first-order chi connectivity index (χ1) is 30.6. The van der Waals surface area contributed by atoms with E-state index < -0.39 is 83.3 Å². The topological polar surface area (TPSA) is 169 Å². The van der Waals surface area contributed by atoms with Crippen LogP contribution < -0.4 is 16.0 Å². The first-order valence-electron chi connectivity index (χ1n) is 23.1. The number of carbonyl (C=O) groups is 7. The highest BCUT2D eigenvalue weighted by Crippen LogP contribution is 2.51. The molecule has 2 heterocycles. The van der Waals surface area contributed by atoms with E-state index in [2.05, 4.69) is 16.0 Å². The molecule has 2 aliphatic heterocycles. The molecule has 2 aliphatic carbocycles. The monoisotopic (exact) mass is 955 g/mol. The molecule has 2 saturated heterocycles. The molecule has 362 valence electrons. The predicted octanol–water partition coefficient (Wildman–Crippen LogP) is 5.66. The molecule has 19 heteroatoms. The van der Waals surface area contributed by atoms with E-state index in [0.717, 1.165) is 4.90 Å². The van der Waals surface area contributed by atoms with Gasteiger partial charge in [-0.3, -0.25) is 33.6 Å². The molecule has 4 fully saturated rings. The van der Waals surface area contributed by atoms with Crippen LogP contribution in [0.15, 0.2) is 18.2 Å². The summed E-state index contributed by atoms with van der Waals surface area (Å²) in [5, 5.41) is 9.21. The van der Waals surface area contributed by atoms with Gasteiger partial charge in [0.15, 0.2) is 0 Å². The molecule has 3 N–H and O–H groups in total. The SMILES string of the molecule is CC[C@H]1NC(=O)[C@H](Cc2cc(Cl)ccc2Cl)N(C)C(=O)[C@H](CC(C)C)NC(=O)[C@@H](N(C)C(=O)[C@@H](NC(=O)[C@@H]2CCCN2C(=O)C2(C(F)(F)F)CCCCC2)C2CC2)CCCCN(C)C1=O. The summed E-state index contributed by atoms with van der Waals surface area (Å²) in [6, 6.07) is -1.97. The van der Waals surface area contributed by atoms with Crippen LogP contribution in [0.1, 0.15) is 116 Å². The maximum atomic E-state index is 14.6. The number of nitrogens with one attached hydrogen (secondary N) is 3. The number of hydrogen-bond acceptors (Lipinski definition) is 7. The Hall–Kier alpha value is -4.12. The Balaban J connectivity index is 1.42. The van der Waals surface area contributed by atoms with Crippen molar-refractivity contribution in [3.05, 3.63) is 33.8 Å². The lowest BCUT2D eigenvalue weighted by molar-refractivity contribution is -0.236. The maximum absolute atomic E-state index is 14.6. The molecule has 0 unspecified atom stereocenters. The second-order valence-electron chi connectivity index (χ2n) is 18.9. The van der Waals surface area contributed by atoms with Gasteiger partial charge in [0.1, 0.15) is 41.7 Å². The molecule has 4 aliphatic rings. The molecule has 0 spiro atoms. The summed E-state index contributed by atoms with van der Waals surface area (Å²) in [5.74, 6) is -5.02. The van der Waals surface area contributed by atoms with Crippen molar-refractivity contribution < 1.29 is 46.7 Å². The highest BCUT2D eigenvalue weighted by Gasteiger charge is 2.62. The minimum absolute atomic E-state index is 0.00987. The van der Waals surface area contributed by atoms with Gasteiger partial charge in [-0.2, -0.15) is 13.2 Å². The third-order valence-electron chi connectivity index (χ3n) is 13.7. The molecule has 6 atom stereocenters. The lowest BCUT2D eigenvalue weighted by Gasteiger charge is -2.41. The Morgan fingerprint density at radius 1 is 0.877 bits per heavy atom. The van der Waals surface area contributed by atoms with Crippen LogP contribution in [0.2, 0.25) is 10.0 Å². The van der Waals surface area contributed by atoms with Gasteiger partial charge in [-0.25, -0.2) is 0 Å². The van der Waals surface area contributed by atoms with Crippen molar-refractivity contribution in [2.24, 2.45) is 17.3 Å². The van der Waals surface area contributed by atoms with Gasteiger partial charge in [-0.05, 0) is 106 Å². The zero-order valence-corrected chi connectivity index (χ0v) is 39.9. The number of nitrogens with zero attached hydrogens (tertiary/aromatic N) is 4.